The van der Waals surface area contributed by atoms with Crippen molar-refractivity contribution in [2.75, 3.05) is 0 Å². The second-order valence-corrected chi connectivity index (χ2v) is 7.31. The van der Waals surface area contributed by atoms with Gasteiger partial charge in [-0.3, -0.25) is 4.98 Å². The van der Waals surface area contributed by atoms with Gasteiger partial charge in [0.15, 0.2) is 0 Å². The summed E-state index contributed by atoms with van der Waals surface area (Å²) in [5.74, 6) is 0. The van der Waals surface area contributed by atoms with Crippen molar-refractivity contribution in [2.24, 2.45) is 0 Å². The number of hydrogen-bond donors (Lipinski definition) is 2. The van der Waals surface area contributed by atoms with E-state index in [4.69, 9.17) is 4.98 Å². The molecule has 0 atom stereocenters. The van der Waals surface area contributed by atoms with Crippen LogP contribution in [0.25, 0.3) is 45.9 Å². The molecule has 2 N–H and O–H groups in total. The third-order valence-corrected chi connectivity index (χ3v) is 5.11. The van der Waals surface area contributed by atoms with Crippen molar-refractivity contribution in [1.29, 1.82) is 0 Å². The first-order chi connectivity index (χ1) is 14.8. The van der Waals surface area contributed by atoms with E-state index in [0.717, 1.165) is 56.1 Å². The van der Waals surface area contributed by atoms with Gasteiger partial charge >= 0.3 is 25.8 Å². The summed E-state index contributed by atoms with van der Waals surface area (Å²) in [5.41, 5.74) is 9.49. The predicted molar refractivity (Wildman–Crippen MR) is 121 cm³/mol. The Morgan fingerprint density at radius 2 is 1.19 bits per heavy atom. The Morgan fingerprint density at radius 1 is 0.594 bits per heavy atom. The van der Waals surface area contributed by atoms with E-state index in [1.165, 1.54) is 0 Å². The van der Waals surface area contributed by atoms with Crippen LogP contribution in [-0.4, -0.2) is 24.9 Å². The molecule has 7 heteroatoms. The van der Waals surface area contributed by atoms with Crippen LogP contribution < -0.4 is 17.0 Å². The molecule has 4 aromatic rings. The van der Waals surface area contributed by atoms with Crippen LogP contribution in [0.3, 0.4) is 0 Å². The number of rotatable bonds is 1. The molecule has 0 saturated heterocycles. The fraction of sp³-hybridized carbons (Fsp3) is 0. The molecule has 0 amide bonds. The Labute approximate surface area is 214 Å². The van der Waals surface area contributed by atoms with Crippen LogP contribution in [0.1, 0.15) is 28.5 Å². The molecule has 0 saturated carbocycles. The van der Waals surface area contributed by atoms with Gasteiger partial charge in [0.1, 0.15) is 0 Å². The van der Waals surface area contributed by atoms with Gasteiger partial charge in [0.2, 0.25) is 0 Å². The van der Waals surface area contributed by atoms with Gasteiger partial charge in [-0.05, 0) is 78.9 Å². The molecule has 0 aromatic carbocycles. The Bertz CT molecular complexity index is 1500. The molecule has 2 aliphatic rings. The van der Waals surface area contributed by atoms with Gasteiger partial charge in [-0.1, -0.05) is 6.07 Å². The maximum atomic E-state index is 4.87. The first kappa shape index (κ1) is 22.3. The monoisotopic (exact) mass is 511 g/mol. The van der Waals surface area contributed by atoms with Gasteiger partial charge in [0.25, 0.3) is 0 Å². The third-order valence-electron chi connectivity index (χ3n) is 5.11. The average Bonchev–Trinajstić information content (AvgIpc) is 3.53. The van der Waals surface area contributed by atoms with Crippen molar-refractivity contribution in [3.63, 3.8) is 0 Å². The Hall–Kier alpha value is -2.90. The summed E-state index contributed by atoms with van der Waals surface area (Å²) in [6, 6.07) is 22.3. The molecule has 0 radical (unpaired) electrons. The van der Waals surface area contributed by atoms with Gasteiger partial charge in [-0.2, -0.15) is 0 Å². The van der Waals surface area contributed by atoms with Crippen molar-refractivity contribution in [3.05, 3.63) is 101 Å². The van der Waals surface area contributed by atoms with Gasteiger partial charge in [-0.15, -0.1) is 0 Å². The van der Waals surface area contributed by atoms with E-state index in [1.807, 2.05) is 48.6 Å². The first-order valence-corrected chi connectivity index (χ1v) is 9.78. The summed E-state index contributed by atoms with van der Waals surface area (Å²) in [4.78, 5) is 20.9. The van der Waals surface area contributed by atoms with Crippen LogP contribution in [-0.2, 0) is 25.8 Å². The van der Waals surface area contributed by atoms with Gasteiger partial charge in [0, 0.05) is 33.8 Å². The maximum Gasteiger partial charge on any atom is 1.00 e. The SMILES string of the molecule is C1=Cc2cc3ccc(cc4nc(cc5ccc(cc1n2)[nH]5)C=C4c1ccccn1)[nH]3.[Br-].[Sc+]. The van der Waals surface area contributed by atoms with Crippen LogP contribution >= 0.6 is 0 Å². The van der Waals surface area contributed by atoms with Gasteiger partial charge in [0.05, 0.1) is 28.5 Å². The molecule has 152 valence electrons. The van der Waals surface area contributed by atoms with E-state index < -0.39 is 0 Å². The summed E-state index contributed by atoms with van der Waals surface area (Å²) in [6.45, 7) is 0. The minimum absolute atomic E-state index is 0. The Morgan fingerprint density at radius 3 is 1.78 bits per heavy atom. The molecule has 32 heavy (non-hydrogen) atoms. The minimum Gasteiger partial charge on any atom is -1.00 e. The van der Waals surface area contributed by atoms with E-state index in [9.17, 15) is 0 Å². The molecule has 0 aliphatic carbocycles. The van der Waals surface area contributed by atoms with E-state index in [1.54, 1.807) is 6.20 Å². The number of fused-ring (bicyclic) bond motifs is 8. The largest absolute Gasteiger partial charge is 1.00 e. The number of hydrogen-bond acceptors (Lipinski definition) is 3. The number of pyridine rings is 1. The molecule has 0 spiro atoms. The summed E-state index contributed by atoms with van der Waals surface area (Å²) in [7, 11) is 0. The van der Waals surface area contributed by atoms with Crippen LogP contribution in [0.2, 0.25) is 0 Å². The van der Waals surface area contributed by atoms with Crippen LogP contribution in [0, 0.1) is 0 Å². The summed E-state index contributed by atoms with van der Waals surface area (Å²) in [5, 5.41) is 0. The molecule has 4 aromatic heterocycles. The number of aromatic nitrogens is 5. The average molecular weight is 512 g/mol. The molecule has 2 aliphatic heterocycles. The van der Waals surface area contributed by atoms with Crippen LogP contribution in [0.15, 0.2) is 72.9 Å². The second kappa shape index (κ2) is 9.30. The fourth-order valence-electron chi connectivity index (χ4n) is 3.74. The number of halogens is 1. The Balaban J connectivity index is 0.00000122. The van der Waals surface area contributed by atoms with Crippen LogP contribution in [0.5, 0.6) is 0 Å². The number of aromatic amines is 2. The number of nitrogens with one attached hydrogen (secondary N) is 2. The molecule has 5 nitrogen and oxygen atoms in total. The molecular weight excluding hydrogens is 495 g/mol. The Kier molecular flexibility index (Phi) is 6.48. The summed E-state index contributed by atoms with van der Waals surface area (Å²) >= 11 is 0. The molecule has 6 heterocycles. The predicted octanol–water partition coefficient (Wildman–Crippen LogP) is 2.47. The van der Waals surface area contributed by atoms with Crippen molar-refractivity contribution >= 4 is 45.9 Å². The first-order valence-electron chi connectivity index (χ1n) is 9.78. The van der Waals surface area contributed by atoms with Gasteiger partial charge in [-0.25, -0.2) is 9.97 Å². The molecule has 0 unspecified atom stereocenters. The van der Waals surface area contributed by atoms with Gasteiger partial charge < -0.3 is 26.9 Å². The topological polar surface area (TPSA) is 70.2 Å². The van der Waals surface area contributed by atoms with Crippen LogP contribution in [0.4, 0.5) is 0 Å². The minimum atomic E-state index is 0. The second-order valence-electron chi connectivity index (χ2n) is 7.31. The van der Waals surface area contributed by atoms with E-state index in [0.29, 0.717) is 0 Å². The van der Waals surface area contributed by atoms with Crippen molar-refractivity contribution in [2.45, 2.75) is 0 Å². The van der Waals surface area contributed by atoms with Crippen molar-refractivity contribution < 1.29 is 42.8 Å². The quantitative estimate of drug-likeness (QED) is 0.356. The normalized spacial score (nSPS) is 11.9. The zero-order valence-electron chi connectivity index (χ0n) is 17.0. The molecular formula is C25H17BrN5Sc. The van der Waals surface area contributed by atoms with E-state index in [2.05, 4.69) is 56.3 Å². The van der Waals surface area contributed by atoms with Crippen molar-refractivity contribution in [3.8, 4) is 0 Å². The zero-order valence-corrected chi connectivity index (χ0v) is 20.3. The third kappa shape index (κ3) is 4.49. The maximum absolute atomic E-state index is 4.87. The molecule has 6 rings (SSSR count). The van der Waals surface area contributed by atoms with E-state index >= 15 is 0 Å². The van der Waals surface area contributed by atoms with Crippen molar-refractivity contribution in [1.82, 2.24) is 24.9 Å². The standard InChI is InChI=1S/C25H17N5.BrH.Sc/c1-2-10-26-24(3-1)23-14-22-13-20-7-6-18(28-20)11-16-4-5-17(27-16)12-19-8-9-21(29-19)15-25(23)30-22;;/h1-15,28-29H;1H;/q;;+1/p-1. The number of H-pyrrole nitrogens is 2. The summed E-state index contributed by atoms with van der Waals surface area (Å²) < 4.78 is 0. The number of nitrogens with zero attached hydrogens (tertiary/aromatic N) is 3. The fourth-order valence-corrected chi connectivity index (χ4v) is 3.74. The summed E-state index contributed by atoms with van der Waals surface area (Å²) in [6.07, 6.45) is 7.93. The van der Waals surface area contributed by atoms with E-state index in [-0.39, 0.29) is 42.8 Å². The molecule has 8 bridgehead atoms. The molecule has 0 fully saturated rings. The smallest absolute Gasteiger partial charge is 1.00 e. The zero-order chi connectivity index (χ0) is 19.9.